The molecule has 1 N–H and O–H groups in total. The summed E-state index contributed by atoms with van der Waals surface area (Å²) in [5.41, 5.74) is 0.326. The number of anilines is 2. The fraction of sp³-hybridized carbons (Fsp3) is 0.450. The number of likely N-dealkylation sites (N-methyl/N-ethyl adjacent to an activating group) is 1. The standard InChI is InChI=1S/C20H26FN5O2/c1-20(2,3)28-19(27)25(4)16-11-26(12-16)18-9-17(23-13-24-18)22-10-14-6-5-7-15(21)8-14/h5-9,13,16H,10-12H2,1-4H3,(H,22,23,24). The Bertz CT molecular complexity index is 833. The lowest BCUT2D eigenvalue weighted by molar-refractivity contribution is 0.0196. The number of carbonyl (C=O) groups is 1. The zero-order valence-corrected chi connectivity index (χ0v) is 16.6. The van der Waals surface area contributed by atoms with Gasteiger partial charge in [0.2, 0.25) is 0 Å². The first-order valence-corrected chi connectivity index (χ1v) is 9.22. The van der Waals surface area contributed by atoms with Crippen LogP contribution in [0.1, 0.15) is 26.3 Å². The minimum atomic E-state index is -0.510. The lowest BCUT2D eigenvalue weighted by atomic mass is 10.1. The monoisotopic (exact) mass is 387 g/mol. The van der Waals surface area contributed by atoms with Gasteiger partial charge < -0.3 is 19.9 Å². The van der Waals surface area contributed by atoms with Gasteiger partial charge in [-0.25, -0.2) is 19.2 Å². The molecule has 1 fully saturated rings. The van der Waals surface area contributed by atoms with Crippen LogP contribution in [0.4, 0.5) is 20.8 Å². The van der Waals surface area contributed by atoms with Gasteiger partial charge in [0.1, 0.15) is 29.4 Å². The highest BCUT2D eigenvalue weighted by Crippen LogP contribution is 2.24. The Kier molecular flexibility index (Phi) is 5.67. The van der Waals surface area contributed by atoms with Crippen LogP contribution >= 0.6 is 0 Å². The predicted molar refractivity (Wildman–Crippen MR) is 106 cm³/mol. The van der Waals surface area contributed by atoms with Crippen molar-refractivity contribution in [1.82, 2.24) is 14.9 Å². The minimum Gasteiger partial charge on any atom is -0.444 e. The summed E-state index contributed by atoms with van der Waals surface area (Å²) in [6.45, 7) is 7.38. The van der Waals surface area contributed by atoms with Gasteiger partial charge in [-0.15, -0.1) is 0 Å². The van der Waals surface area contributed by atoms with Crippen LogP contribution in [0.15, 0.2) is 36.7 Å². The fourth-order valence-electron chi connectivity index (χ4n) is 2.83. The number of halogens is 1. The fourth-order valence-corrected chi connectivity index (χ4v) is 2.83. The molecule has 2 aromatic rings. The smallest absolute Gasteiger partial charge is 0.410 e. The van der Waals surface area contributed by atoms with Crippen LogP contribution in [-0.2, 0) is 11.3 Å². The van der Waals surface area contributed by atoms with Crippen LogP contribution in [0.2, 0.25) is 0 Å². The van der Waals surface area contributed by atoms with Crippen molar-refractivity contribution >= 4 is 17.7 Å². The zero-order chi connectivity index (χ0) is 20.3. The molecule has 0 saturated carbocycles. The number of hydrogen-bond acceptors (Lipinski definition) is 6. The van der Waals surface area contributed by atoms with Crippen molar-refractivity contribution < 1.29 is 13.9 Å². The van der Waals surface area contributed by atoms with Gasteiger partial charge in [0.15, 0.2) is 0 Å². The van der Waals surface area contributed by atoms with E-state index >= 15 is 0 Å². The van der Waals surface area contributed by atoms with E-state index < -0.39 is 5.60 Å². The summed E-state index contributed by atoms with van der Waals surface area (Å²) in [6, 6.07) is 8.36. The molecule has 0 radical (unpaired) electrons. The maximum atomic E-state index is 13.3. The van der Waals surface area contributed by atoms with Gasteiger partial charge in [-0.1, -0.05) is 12.1 Å². The number of benzene rings is 1. The first kappa shape index (κ1) is 19.9. The molecule has 1 aromatic heterocycles. The highest BCUT2D eigenvalue weighted by molar-refractivity contribution is 5.69. The van der Waals surface area contributed by atoms with Crippen LogP contribution in [-0.4, -0.2) is 52.7 Å². The number of nitrogens with zero attached hydrogens (tertiary/aromatic N) is 4. The Morgan fingerprint density at radius 3 is 2.75 bits per heavy atom. The van der Waals surface area contributed by atoms with E-state index in [1.165, 1.54) is 18.5 Å². The Hall–Kier alpha value is -2.90. The van der Waals surface area contributed by atoms with Crippen molar-refractivity contribution in [3.63, 3.8) is 0 Å². The predicted octanol–water partition coefficient (Wildman–Crippen LogP) is 3.28. The second-order valence-electron chi connectivity index (χ2n) is 7.89. The summed E-state index contributed by atoms with van der Waals surface area (Å²) in [4.78, 5) is 24.4. The normalized spacial score (nSPS) is 14.4. The Morgan fingerprint density at radius 1 is 1.32 bits per heavy atom. The van der Waals surface area contributed by atoms with E-state index in [1.54, 1.807) is 18.0 Å². The molecular formula is C20H26FN5O2. The van der Waals surface area contributed by atoms with E-state index in [0.29, 0.717) is 25.5 Å². The zero-order valence-electron chi connectivity index (χ0n) is 16.6. The van der Waals surface area contributed by atoms with E-state index in [2.05, 4.69) is 20.2 Å². The number of ether oxygens (including phenoxy) is 1. The van der Waals surface area contributed by atoms with Gasteiger partial charge >= 0.3 is 6.09 Å². The van der Waals surface area contributed by atoms with E-state index in [-0.39, 0.29) is 18.0 Å². The SMILES string of the molecule is CN(C(=O)OC(C)(C)C)C1CN(c2cc(NCc3cccc(F)c3)ncn2)C1. The van der Waals surface area contributed by atoms with E-state index in [9.17, 15) is 9.18 Å². The second-order valence-corrected chi connectivity index (χ2v) is 7.89. The molecule has 0 bridgehead atoms. The average molecular weight is 387 g/mol. The molecule has 0 unspecified atom stereocenters. The highest BCUT2D eigenvalue weighted by Gasteiger charge is 2.35. The molecule has 8 heteroatoms. The molecule has 0 aliphatic carbocycles. The van der Waals surface area contributed by atoms with E-state index in [0.717, 1.165) is 11.4 Å². The molecule has 1 aliphatic heterocycles. The minimum absolute atomic E-state index is 0.0773. The third-order valence-corrected chi connectivity index (χ3v) is 4.43. The molecule has 3 rings (SSSR count). The van der Waals surface area contributed by atoms with Crippen molar-refractivity contribution in [2.75, 3.05) is 30.4 Å². The van der Waals surface area contributed by atoms with E-state index in [1.807, 2.05) is 32.9 Å². The average Bonchev–Trinajstić information content (AvgIpc) is 2.57. The van der Waals surface area contributed by atoms with Crippen LogP contribution in [0.5, 0.6) is 0 Å². The van der Waals surface area contributed by atoms with Crippen LogP contribution in [0.25, 0.3) is 0 Å². The topological polar surface area (TPSA) is 70.6 Å². The van der Waals surface area contributed by atoms with Crippen LogP contribution in [0.3, 0.4) is 0 Å². The molecule has 0 spiro atoms. The van der Waals surface area contributed by atoms with Gasteiger partial charge in [-0.05, 0) is 38.5 Å². The molecule has 1 saturated heterocycles. The quantitative estimate of drug-likeness (QED) is 0.849. The number of hydrogen-bond donors (Lipinski definition) is 1. The molecule has 1 aliphatic rings. The third kappa shape index (κ3) is 5.09. The summed E-state index contributed by atoms with van der Waals surface area (Å²) in [6.07, 6.45) is 1.17. The highest BCUT2D eigenvalue weighted by atomic mass is 19.1. The van der Waals surface area contributed by atoms with Crippen molar-refractivity contribution in [2.45, 2.75) is 39.0 Å². The molecule has 150 valence electrons. The lowest BCUT2D eigenvalue weighted by Gasteiger charge is -2.44. The Balaban J connectivity index is 1.53. The van der Waals surface area contributed by atoms with Crippen LogP contribution < -0.4 is 10.2 Å². The Labute approximate surface area is 164 Å². The number of carbonyl (C=O) groups excluding carboxylic acids is 1. The van der Waals surface area contributed by atoms with E-state index in [4.69, 9.17) is 4.74 Å². The van der Waals surface area contributed by atoms with Gasteiger partial charge in [-0.2, -0.15) is 0 Å². The number of rotatable bonds is 5. The first-order chi connectivity index (χ1) is 13.2. The molecule has 1 aromatic carbocycles. The van der Waals surface area contributed by atoms with Gasteiger partial charge in [0.25, 0.3) is 0 Å². The molecule has 28 heavy (non-hydrogen) atoms. The van der Waals surface area contributed by atoms with Crippen molar-refractivity contribution in [3.05, 3.63) is 48.0 Å². The number of amides is 1. The maximum absolute atomic E-state index is 13.3. The summed E-state index contributed by atoms with van der Waals surface area (Å²) in [5.74, 6) is 1.19. The van der Waals surface area contributed by atoms with Crippen LogP contribution in [0, 0.1) is 5.82 Å². The van der Waals surface area contributed by atoms with Crippen molar-refractivity contribution in [2.24, 2.45) is 0 Å². The summed E-state index contributed by atoms with van der Waals surface area (Å²) in [7, 11) is 1.75. The number of aromatic nitrogens is 2. The number of nitrogens with one attached hydrogen (secondary N) is 1. The Morgan fingerprint density at radius 2 is 2.07 bits per heavy atom. The second kappa shape index (κ2) is 8.00. The molecule has 7 nitrogen and oxygen atoms in total. The van der Waals surface area contributed by atoms with Crippen molar-refractivity contribution in [3.8, 4) is 0 Å². The third-order valence-electron chi connectivity index (χ3n) is 4.43. The van der Waals surface area contributed by atoms with Gasteiger partial charge in [0, 0.05) is 32.7 Å². The molecular weight excluding hydrogens is 361 g/mol. The largest absolute Gasteiger partial charge is 0.444 e. The molecule has 1 amide bonds. The first-order valence-electron chi connectivity index (χ1n) is 9.22. The van der Waals surface area contributed by atoms with Gasteiger partial charge in [-0.3, -0.25) is 0 Å². The summed E-state index contributed by atoms with van der Waals surface area (Å²) >= 11 is 0. The summed E-state index contributed by atoms with van der Waals surface area (Å²) < 4.78 is 18.7. The lowest BCUT2D eigenvalue weighted by Crippen LogP contribution is -2.60. The summed E-state index contributed by atoms with van der Waals surface area (Å²) in [5, 5.41) is 3.18. The van der Waals surface area contributed by atoms with Crippen molar-refractivity contribution in [1.29, 1.82) is 0 Å². The maximum Gasteiger partial charge on any atom is 0.410 e. The molecule has 0 atom stereocenters. The van der Waals surface area contributed by atoms with Gasteiger partial charge in [0.05, 0.1) is 6.04 Å². The molecule has 2 heterocycles.